The molecular formula is C21H21N5O4S2. The van der Waals surface area contributed by atoms with Crippen LogP contribution in [0.2, 0.25) is 0 Å². The lowest BCUT2D eigenvalue weighted by molar-refractivity contribution is -0.112. The highest BCUT2D eigenvalue weighted by atomic mass is 32.2. The van der Waals surface area contributed by atoms with Crippen molar-refractivity contribution < 1.29 is 17.9 Å². The molecule has 1 N–H and O–H groups in total. The quantitative estimate of drug-likeness (QED) is 0.414. The van der Waals surface area contributed by atoms with Gasteiger partial charge < -0.3 is 9.30 Å². The standard InChI is InChI=1S/C21H21N5O4S2/c1-5-30-18-8-6-17(7-9-18)26-13(2)10-15(14(26)3)11-16(12-22)19(27)23-20-24-21(25-31-20)32(4,28)29/h6-11H,5H2,1-4H3,(H,23,24,25,27)/b16-11-. The van der Waals surface area contributed by atoms with Gasteiger partial charge >= 0.3 is 0 Å². The van der Waals surface area contributed by atoms with Gasteiger partial charge in [-0.15, -0.1) is 0 Å². The van der Waals surface area contributed by atoms with Crippen molar-refractivity contribution in [2.45, 2.75) is 25.9 Å². The van der Waals surface area contributed by atoms with Crippen LogP contribution in [0, 0.1) is 25.2 Å². The van der Waals surface area contributed by atoms with Gasteiger partial charge in [-0.1, -0.05) is 0 Å². The highest BCUT2D eigenvalue weighted by Gasteiger charge is 2.18. The van der Waals surface area contributed by atoms with Crippen molar-refractivity contribution in [2.75, 3.05) is 18.2 Å². The van der Waals surface area contributed by atoms with Gasteiger partial charge in [-0.25, -0.2) is 8.42 Å². The summed E-state index contributed by atoms with van der Waals surface area (Å²) in [6.45, 7) is 6.33. The Kier molecular flexibility index (Phi) is 6.76. The second kappa shape index (κ2) is 9.33. The van der Waals surface area contributed by atoms with Crippen LogP contribution in [0.15, 0.2) is 41.1 Å². The molecule has 2 aromatic heterocycles. The molecule has 0 aliphatic carbocycles. The Morgan fingerprint density at radius 1 is 1.31 bits per heavy atom. The van der Waals surface area contributed by atoms with Gasteiger partial charge in [-0.05, 0) is 62.7 Å². The monoisotopic (exact) mass is 471 g/mol. The number of aryl methyl sites for hydroxylation is 1. The van der Waals surface area contributed by atoms with E-state index < -0.39 is 15.7 Å². The second-order valence-electron chi connectivity index (χ2n) is 6.87. The first-order valence-corrected chi connectivity index (χ1v) is 12.2. The molecule has 0 atom stereocenters. The number of nitriles is 1. The summed E-state index contributed by atoms with van der Waals surface area (Å²) in [7, 11) is -3.59. The zero-order chi connectivity index (χ0) is 23.5. The maximum absolute atomic E-state index is 12.5. The van der Waals surface area contributed by atoms with Gasteiger partial charge in [0.25, 0.3) is 11.1 Å². The van der Waals surface area contributed by atoms with E-state index in [0.717, 1.165) is 40.6 Å². The molecule has 2 heterocycles. The molecule has 3 aromatic rings. The van der Waals surface area contributed by atoms with Gasteiger partial charge in [0.15, 0.2) is 0 Å². The molecule has 0 aliphatic heterocycles. The number of sulfone groups is 1. The Morgan fingerprint density at radius 3 is 2.56 bits per heavy atom. The zero-order valence-corrected chi connectivity index (χ0v) is 19.5. The van der Waals surface area contributed by atoms with E-state index >= 15 is 0 Å². The number of amides is 1. The molecule has 11 heteroatoms. The summed E-state index contributed by atoms with van der Waals surface area (Å²) in [5.74, 6) is 0.0764. The highest BCUT2D eigenvalue weighted by molar-refractivity contribution is 7.90. The maximum atomic E-state index is 12.5. The number of nitrogens with zero attached hydrogens (tertiary/aromatic N) is 4. The summed E-state index contributed by atoms with van der Waals surface area (Å²) >= 11 is 0.727. The smallest absolute Gasteiger partial charge is 0.268 e. The van der Waals surface area contributed by atoms with Gasteiger partial charge in [-0.2, -0.15) is 14.6 Å². The lowest BCUT2D eigenvalue weighted by Crippen LogP contribution is -2.13. The predicted molar refractivity (Wildman–Crippen MR) is 122 cm³/mol. The van der Waals surface area contributed by atoms with Crippen molar-refractivity contribution in [1.29, 1.82) is 5.26 Å². The summed E-state index contributed by atoms with van der Waals surface area (Å²) < 4.78 is 34.2. The summed E-state index contributed by atoms with van der Waals surface area (Å²) in [5.41, 5.74) is 3.26. The first-order valence-electron chi connectivity index (χ1n) is 9.53. The molecule has 0 aliphatic rings. The molecule has 0 saturated heterocycles. The Balaban J connectivity index is 1.87. The van der Waals surface area contributed by atoms with E-state index in [9.17, 15) is 18.5 Å². The molecule has 32 heavy (non-hydrogen) atoms. The number of aromatic nitrogens is 3. The van der Waals surface area contributed by atoms with E-state index in [-0.39, 0.29) is 15.9 Å². The molecule has 1 aromatic carbocycles. The average Bonchev–Trinajstić information content (AvgIpc) is 3.31. The fourth-order valence-corrected chi connectivity index (χ4v) is 4.51. The number of carbonyl (C=O) groups excluding carboxylic acids is 1. The summed E-state index contributed by atoms with van der Waals surface area (Å²) in [4.78, 5) is 16.3. The number of carbonyl (C=O) groups is 1. The number of hydrogen-bond acceptors (Lipinski definition) is 8. The van der Waals surface area contributed by atoms with Crippen molar-refractivity contribution >= 4 is 38.5 Å². The average molecular weight is 472 g/mol. The third-order valence-electron chi connectivity index (χ3n) is 4.50. The van der Waals surface area contributed by atoms with Gasteiger partial charge in [0.2, 0.25) is 15.0 Å². The van der Waals surface area contributed by atoms with Gasteiger partial charge in [0.05, 0.1) is 6.61 Å². The van der Waals surface area contributed by atoms with E-state index in [4.69, 9.17) is 4.74 Å². The van der Waals surface area contributed by atoms with Crippen LogP contribution in [-0.2, 0) is 14.6 Å². The van der Waals surface area contributed by atoms with E-state index in [1.807, 2.05) is 61.7 Å². The number of ether oxygens (including phenoxy) is 1. The molecule has 166 valence electrons. The van der Waals surface area contributed by atoms with Crippen LogP contribution in [0.1, 0.15) is 23.9 Å². The van der Waals surface area contributed by atoms with Gasteiger partial charge in [0.1, 0.15) is 17.4 Å². The molecule has 0 unspecified atom stereocenters. The molecule has 1 amide bonds. The van der Waals surface area contributed by atoms with E-state index in [1.165, 1.54) is 6.08 Å². The molecule has 3 rings (SSSR count). The Bertz CT molecular complexity index is 1330. The normalized spacial score (nSPS) is 11.8. The highest BCUT2D eigenvalue weighted by Crippen LogP contribution is 2.25. The Hall–Kier alpha value is -3.49. The predicted octanol–water partition coefficient (Wildman–Crippen LogP) is 3.29. The molecule has 0 spiro atoms. The lowest BCUT2D eigenvalue weighted by atomic mass is 10.1. The second-order valence-corrected chi connectivity index (χ2v) is 9.53. The minimum Gasteiger partial charge on any atom is -0.494 e. The topological polar surface area (TPSA) is 127 Å². The fourth-order valence-electron chi connectivity index (χ4n) is 3.07. The van der Waals surface area contributed by atoms with Crippen molar-refractivity contribution in [1.82, 2.24) is 13.9 Å². The molecular weight excluding hydrogens is 450 g/mol. The van der Waals surface area contributed by atoms with Crippen molar-refractivity contribution in [3.05, 3.63) is 52.9 Å². The summed E-state index contributed by atoms with van der Waals surface area (Å²) in [6, 6.07) is 11.4. The number of hydrogen-bond donors (Lipinski definition) is 1. The summed E-state index contributed by atoms with van der Waals surface area (Å²) in [5, 5.41) is 11.6. The van der Waals surface area contributed by atoms with Crippen LogP contribution in [0.4, 0.5) is 5.13 Å². The van der Waals surface area contributed by atoms with Crippen molar-refractivity contribution in [2.24, 2.45) is 0 Å². The minimum absolute atomic E-state index is 0.00330. The van der Waals surface area contributed by atoms with Gasteiger partial charge in [0, 0.05) is 34.9 Å². The third kappa shape index (κ3) is 5.04. The SMILES string of the molecule is CCOc1ccc(-n2c(C)cc(/C=C(/C#N)C(=O)Nc3nc(S(C)(=O)=O)ns3)c2C)cc1. The zero-order valence-electron chi connectivity index (χ0n) is 17.9. The third-order valence-corrected chi connectivity index (χ3v) is 6.09. The Morgan fingerprint density at radius 2 is 2.00 bits per heavy atom. The van der Waals surface area contributed by atoms with Crippen molar-refractivity contribution in [3.63, 3.8) is 0 Å². The van der Waals surface area contributed by atoms with Crippen LogP contribution in [0.25, 0.3) is 11.8 Å². The molecule has 0 bridgehead atoms. The maximum Gasteiger partial charge on any atom is 0.268 e. The van der Waals surface area contributed by atoms with Crippen LogP contribution in [0.3, 0.4) is 0 Å². The van der Waals surface area contributed by atoms with Crippen LogP contribution in [-0.4, -0.2) is 41.1 Å². The van der Waals surface area contributed by atoms with Gasteiger partial charge in [-0.3, -0.25) is 10.1 Å². The van der Waals surface area contributed by atoms with Crippen LogP contribution in [0.5, 0.6) is 5.75 Å². The molecule has 0 radical (unpaired) electrons. The largest absolute Gasteiger partial charge is 0.494 e. The fraction of sp³-hybridized carbons (Fsp3) is 0.238. The van der Waals surface area contributed by atoms with E-state index in [0.29, 0.717) is 12.2 Å². The van der Waals surface area contributed by atoms with E-state index in [1.54, 1.807) is 0 Å². The number of benzene rings is 1. The minimum atomic E-state index is -3.59. The van der Waals surface area contributed by atoms with Crippen LogP contribution >= 0.6 is 11.5 Å². The first-order chi connectivity index (χ1) is 15.1. The number of nitrogens with one attached hydrogen (secondary N) is 1. The summed E-state index contributed by atoms with van der Waals surface area (Å²) in [6.07, 6.45) is 2.46. The molecule has 0 saturated carbocycles. The lowest BCUT2D eigenvalue weighted by Gasteiger charge is -2.11. The number of rotatable bonds is 7. The molecule has 9 nitrogen and oxygen atoms in total. The van der Waals surface area contributed by atoms with E-state index in [2.05, 4.69) is 14.7 Å². The van der Waals surface area contributed by atoms with Crippen molar-refractivity contribution in [3.8, 4) is 17.5 Å². The van der Waals surface area contributed by atoms with Crippen LogP contribution < -0.4 is 10.1 Å². The first kappa shape index (κ1) is 23.2. The Labute approximate surface area is 190 Å². The number of anilines is 1. The molecule has 0 fully saturated rings.